The van der Waals surface area contributed by atoms with Crippen LogP contribution in [0.2, 0.25) is 0 Å². The summed E-state index contributed by atoms with van der Waals surface area (Å²) in [6.07, 6.45) is 0. The van der Waals surface area contributed by atoms with Crippen LogP contribution < -0.4 is 0 Å². The second-order valence-electron chi connectivity index (χ2n) is 4.20. The van der Waals surface area contributed by atoms with Gasteiger partial charge in [-0.3, -0.25) is 0 Å². The van der Waals surface area contributed by atoms with E-state index in [-0.39, 0.29) is 24.3 Å². The van der Waals surface area contributed by atoms with Crippen molar-refractivity contribution in [3.05, 3.63) is 35.4 Å². The van der Waals surface area contributed by atoms with Crippen molar-refractivity contribution in [3.63, 3.8) is 0 Å². The molecule has 0 fully saturated rings. The molecular formula is C16H24O8. The topological polar surface area (TPSA) is 112 Å². The first kappa shape index (κ1) is 22.0. The van der Waals surface area contributed by atoms with Crippen molar-refractivity contribution in [1.82, 2.24) is 0 Å². The molecule has 0 radical (unpaired) electrons. The Balaban J connectivity index is 0.000000470. The fourth-order valence-electron chi connectivity index (χ4n) is 1.51. The molecule has 1 aromatic carbocycles. The van der Waals surface area contributed by atoms with E-state index in [4.69, 9.17) is 19.7 Å². The number of aliphatic hydroxyl groups excluding tert-OH is 2. The number of carbonyl (C=O) groups is 2. The van der Waals surface area contributed by atoms with Gasteiger partial charge in [0.15, 0.2) is 0 Å². The first-order valence-corrected chi connectivity index (χ1v) is 7.25. The molecule has 8 heteroatoms. The van der Waals surface area contributed by atoms with E-state index in [2.05, 4.69) is 9.47 Å². The standard InChI is InChI=1S/C10H10O4.C6H14O4/c1-13-9(11)7-5-3-4-6-8(7)10(12)14-2;7-1-3-9-5-6-10-4-2-8/h3-6H,1-2H3;7-8H,1-6H2. The smallest absolute Gasteiger partial charge is 0.338 e. The lowest BCUT2D eigenvalue weighted by atomic mass is 10.1. The SMILES string of the molecule is COC(=O)c1ccccc1C(=O)OC.OCCOCCOCCO. The molecule has 0 saturated carbocycles. The minimum absolute atomic E-state index is 0.0417. The molecule has 0 saturated heterocycles. The Kier molecular flexibility index (Phi) is 13.4. The number of hydrogen-bond acceptors (Lipinski definition) is 8. The van der Waals surface area contributed by atoms with Crippen molar-refractivity contribution in [2.75, 3.05) is 53.9 Å². The fraction of sp³-hybridized carbons (Fsp3) is 0.500. The number of benzene rings is 1. The third kappa shape index (κ3) is 9.21. The van der Waals surface area contributed by atoms with Gasteiger partial charge in [-0.05, 0) is 12.1 Å². The first-order chi connectivity index (χ1) is 11.6. The molecule has 1 rings (SSSR count). The van der Waals surface area contributed by atoms with Crippen LogP contribution in [0.5, 0.6) is 0 Å². The highest BCUT2D eigenvalue weighted by Gasteiger charge is 2.16. The van der Waals surface area contributed by atoms with Crippen LogP contribution >= 0.6 is 0 Å². The van der Waals surface area contributed by atoms with E-state index in [0.29, 0.717) is 26.4 Å². The van der Waals surface area contributed by atoms with E-state index in [1.165, 1.54) is 26.4 Å². The third-order valence-corrected chi connectivity index (χ3v) is 2.58. The van der Waals surface area contributed by atoms with Gasteiger partial charge < -0.3 is 29.2 Å². The van der Waals surface area contributed by atoms with Gasteiger partial charge in [-0.15, -0.1) is 0 Å². The van der Waals surface area contributed by atoms with Crippen molar-refractivity contribution < 1.29 is 38.7 Å². The Labute approximate surface area is 140 Å². The lowest BCUT2D eigenvalue weighted by Crippen LogP contribution is -2.11. The van der Waals surface area contributed by atoms with Crippen molar-refractivity contribution in [2.24, 2.45) is 0 Å². The normalized spacial score (nSPS) is 9.67. The lowest BCUT2D eigenvalue weighted by molar-refractivity contribution is 0.0222. The number of rotatable bonds is 9. The molecule has 0 unspecified atom stereocenters. The van der Waals surface area contributed by atoms with Gasteiger partial charge in [0, 0.05) is 0 Å². The van der Waals surface area contributed by atoms with Crippen LogP contribution in [-0.4, -0.2) is 76.0 Å². The van der Waals surface area contributed by atoms with Crippen molar-refractivity contribution >= 4 is 11.9 Å². The van der Waals surface area contributed by atoms with Gasteiger partial charge in [-0.25, -0.2) is 9.59 Å². The van der Waals surface area contributed by atoms with Crippen LogP contribution in [0.25, 0.3) is 0 Å². The molecule has 0 aliphatic carbocycles. The molecule has 0 heterocycles. The third-order valence-electron chi connectivity index (χ3n) is 2.58. The predicted octanol–water partition coefficient (Wildman–Crippen LogP) is 0.264. The van der Waals surface area contributed by atoms with E-state index >= 15 is 0 Å². The number of esters is 2. The summed E-state index contributed by atoms with van der Waals surface area (Å²) in [6.45, 7) is 1.73. The summed E-state index contributed by atoms with van der Waals surface area (Å²) in [7, 11) is 2.52. The van der Waals surface area contributed by atoms with E-state index in [1.54, 1.807) is 12.1 Å². The number of hydrogen-bond donors (Lipinski definition) is 2. The highest BCUT2D eigenvalue weighted by molar-refractivity contribution is 6.02. The number of carbonyl (C=O) groups excluding carboxylic acids is 2. The molecule has 0 amide bonds. The molecule has 0 aliphatic rings. The number of ether oxygens (including phenoxy) is 4. The summed E-state index contributed by atoms with van der Waals surface area (Å²) in [5.74, 6) is -1.10. The van der Waals surface area contributed by atoms with E-state index in [9.17, 15) is 9.59 Å². The molecule has 24 heavy (non-hydrogen) atoms. The van der Waals surface area contributed by atoms with Crippen LogP contribution in [0.3, 0.4) is 0 Å². The Hall–Kier alpha value is -2.00. The van der Waals surface area contributed by atoms with E-state index in [1.807, 2.05) is 0 Å². The Bertz CT molecular complexity index is 432. The molecule has 1 aromatic rings. The highest BCUT2D eigenvalue weighted by atomic mass is 16.5. The second kappa shape index (κ2) is 14.6. The maximum Gasteiger partial charge on any atom is 0.338 e. The maximum absolute atomic E-state index is 11.2. The Morgan fingerprint density at radius 3 is 1.46 bits per heavy atom. The summed E-state index contributed by atoms with van der Waals surface area (Å²) in [5.41, 5.74) is 0.420. The fourth-order valence-corrected chi connectivity index (χ4v) is 1.51. The Morgan fingerprint density at radius 2 is 1.17 bits per heavy atom. The van der Waals surface area contributed by atoms with Crippen LogP contribution in [0, 0.1) is 0 Å². The van der Waals surface area contributed by atoms with Crippen molar-refractivity contribution in [3.8, 4) is 0 Å². The van der Waals surface area contributed by atoms with Crippen molar-refractivity contribution in [1.29, 1.82) is 0 Å². The van der Waals surface area contributed by atoms with Gasteiger partial charge in [-0.2, -0.15) is 0 Å². The minimum atomic E-state index is -0.550. The zero-order valence-electron chi connectivity index (χ0n) is 13.9. The van der Waals surface area contributed by atoms with Gasteiger partial charge >= 0.3 is 11.9 Å². The summed E-state index contributed by atoms with van der Waals surface area (Å²) >= 11 is 0. The summed E-state index contributed by atoms with van der Waals surface area (Å²) in [6, 6.07) is 6.33. The second-order valence-corrected chi connectivity index (χ2v) is 4.20. The minimum Gasteiger partial charge on any atom is -0.465 e. The maximum atomic E-state index is 11.2. The molecule has 0 spiro atoms. The summed E-state index contributed by atoms with van der Waals surface area (Å²) < 4.78 is 18.8. The molecule has 0 aromatic heterocycles. The van der Waals surface area contributed by atoms with Gasteiger partial charge in [-0.1, -0.05) is 12.1 Å². The van der Waals surface area contributed by atoms with Crippen molar-refractivity contribution in [2.45, 2.75) is 0 Å². The summed E-state index contributed by atoms with van der Waals surface area (Å²) in [4.78, 5) is 22.4. The first-order valence-electron chi connectivity index (χ1n) is 7.25. The average molecular weight is 344 g/mol. The molecule has 0 atom stereocenters. The zero-order chi connectivity index (χ0) is 18.2. The molecule has 136 valence electrons. The van der Waals surface area contributed by atoms with Gasteiger partial charge in [0.1, 0.15) is 0 Å². The highest BCUT2D eigenvalue weighted by Crippen LogP contribution is 2.10. The van der Waals surface area contributed by atoms with Crippen LogP contribution in [0.4, 0.5) is 0 Å². The van der Waals surface area contributed by atoms with E-state index in [0.717, 1.165) is 0 Å². The lowest BCUT2D eigenvalue weighted by Gasteiger charge is -2.04. The van der Waals surface area contributed by atoms with Crippen LogP contribution in [0.15, 0.2) is 24.3 Å². The quantitative estimate of drug-likeness (QED) is 0.485. The number of methoxy groups -OCH3 is 2. The Morgan fingerprint density at radius 1 is 0.792 bits per heavy atom. The number of aliphatic hydroxyl groups is 2. The predicted molar refractivity (Wildman–Crippen MR) is 84.9 cm³/mol. The van der Waals surface area contributed by atoms with E-state index < -0.39 is 11.9 Å². The molecule has 2 N–H and O–H groups in total. The van der Waals surface area contributed by atoms with Gasteiger partial charge in [0.25, 0.3) is 0 Å². The zero-order valence-corrected chi connectivity index (χ0v) is 13.9. The molecule has 0 aliphatic heterocycles. The monoisotopic (exact) mass is 344 g/mol. The van der Waals surface area contributed by atoms with Crippen LogP contribution in [0.1, 0.15) is 20.7 Å². The van der Waals surface area contributed by atoms with Gasteiger partial charge in [0.05, 0.1) is 65.0 Å². The van der Waals surface area contributed by atoms with Gasteiger partial charge in [0.2, 0.25) is 0 Å². The molecule has 0 bridgehead atoms. The molecule has 8 nitrogen and oxygen atoms in total. The van der Waals surface area contributed by atoms with Crippen LogP contribution in [-0.2, 0) is 18.9 Å². The average Bonchev–Trinajstić information content (AvgIpc) is 2.63. The molecular weight excluding hydrogens is 320 g/mol. The summed E-state index contributed by atoms with van der Waals surface area (Å²) in [5, 5.41) is 16.5. The largest absolute Gasteiger partial charge is 0.465 e.